The molecule has 0 amide bonds. The Bertz CT molecular complexity index is 321. The molecule has 0 aliphatic carbocycles. The van der Waals surface area contributed by atoms with Crippen molar-refractivity contribution in [3.63, 3.8) is 0 Å². The summed E-state index contributed by atoms with van der Waals surface area (Å²) in [4.78, 5) is 0. The lowest BCUT2D eigenvalue weighted by Crippen LogP contribution is -2.40. The molecule has 8 nitrogen and oxygen atoms in total. The SMILES string of the molecule is S=C1NCCOCCNC(=S)NCCOCCOCCOCCN1. The molecule has 0 atom stereocenters. The Hall–Kier alpha value is -0.780. The highest BCUT2D eigenvalue weighted by molar-refractivity contribution is 7.80. The maximum atomic E-state index is 5.48. The average molecular weight is 381 g/mol. The van der Waals surface area contributed by atoms with Gasteiger partial charge in [-0.2, -0.15) is 0 Å². The minimum Gasteiger partial charge on any atom is -0.378 e. The molecule has 0 unspecified atom stereocenters. The lowest BCUT2D eigenvalue weighted by atomic mass is 10.6. The summed E-state index contributed by atoms with van der Waals surface area (Å²) in [7, 11) is 0. The fourth-order valence-electron chi connectivity index (χ4n) is 1.72. The van der Waals surface area contributed by atoms with Crippen molar-refractivity contribution < 1.29 is 18.9 Å². The molecular weight excluding hydrogens is 352 g/mol. The van der Waals surface area contributed by atoms with Crippen LogP contribution in [-0.2, 0) is 18.9 Å². The van der Waals surface area contributed by atoms with E-state index < -0.39 is 0 Å². The zero-order chi connectivity index (χ0) is 17.3. The molecule has 0 bridgehead atoms. The molecule has 1 fully saturated rings. The van der Waals surface area contributed by atoms with Crippen molar-refractivity contribution in [1.29, 1.82) is 0 Å². The van der Waals surface area contributed by atoms with E-state index in [1.165, 1.54) is 0 Å². The molecular formula is C14H28N4O4S2. The van der Waals surface area contributed by atoms with E-state index in [0.29, 0.717) is 89.3 Å². The average Bonchev–Trinajstić information content (AvgIpc) is 2.57. The molecule has 0 aromatic heterocycles. The second-order valence-corrected chi connectivity index (χ2v) is 5.63. The summed E-state index contributed by atoms with van der Waals surface area (Å²) in [5.41, 5.74) is 0. The first-order chi connectivity index (χ1) is 11.8. The third-order valence-corrected chi connectivity index (χ3v) is 3.45. The van der Waals surface area contributed by atoms with Crippen LogP contribution in [0.2, 0.25) is 0 Å². The number of nitrogens with one attached hydrogen (secondary N) is 4. The minimum absolute atomic E-state index is 0.551. The molecule has 1 rings (SSSR count). The van der Waals surface area contributed by atoms with Gasteiger partial charge in [-0.3, -0.25) is 0 Å². The van der Waals surface area contributed by atoms with Crippen LogP contribution in [0, 0.1) is 0 Å². The van der Waals surface area contributed by atoms with Crippen molar-refractivity contribution in [2.75, 3.05) is 79.0 Å². The van der Waals surface area contributed by atoms with Gasteiger partial charge in [0, 0.05) is 26.2 Å². The third kappa shape index (κ3) is 13.6. The van der Waals surface area contributed by atoms with E-state index in [1.54, 1.807) is 0 Å². The van der Waals surface area contributed by atoms with Gasteiger partial charge in [-0.05, 0) is 24.4 Å². The Morgan fingerprint density at radius 2 is 0.708 bits per heavy atom. The summed E-state index contributed by atoms with van der Waals surface area (Å²) in [5, 5.41) is 13.5. The van der Waals surface area contributed by atoms with Crippen LogP contribution >= 0.6 is 24.4 Å². The van der Waals surface area contributed by atoms with Gasteiger partial charge in [0.25, 0.3) is 0 Å². The van der Waals surface area contributed by atoms with E-state index >= 15 is 0 Å². The Morgan fingerprint density at radius 3 is 1.04 bits per heavy atom. The highest BCUT2D eigenvalue weighted by atomic mass is 32.1. The predicted octanol–water partition coefficient (Wildman–Crippen LogP) is -1.01. The van der Waals surface area contributed by atoms with Gasteiger partial charge in [0.2, 0.25) is 0 Å². The van der Waals surface area contributed by atoms with Crippen LogP contribution in [-0.4, -0.2) is 89.3 Å². The van der Waals surface area contributed by atoms with E-state index in [-0.39, 0.29) is 0 Å². The van der Waals surface area contributed by atoms with Gasteiger partial charge in [-0.15, -0.1) is 0 Å². The minimum atomic E-state index is 0.551. The summed E-state index contributed by atoms with van der Waals surface area (Å²) < 4.78 is 21.8. The first-order valence-electron chi connectivity index (χ1n) is 8.13. The Labute approximate surface area is 154 Å². The van der Waals surface area contributed by atoms with Crippen LogP contribution in [0.5, 0.6) is 0 Å². The maximum absolute atomic E-state index is 5.48. The summed E-state index contributed by atoms with van der Waals surface area (Å²) in [6.07, 6.45) is 0. The van der Waals surface area contributed by atoms with Gasteiger partial charge in [0.05, 0.1) is 52.9 Å². The number of hydrogen-bond acceptors (Lipinski definition) is 6. The van der Waals surface area contributed by atoms with Crippen molar-refractivity contribution in [2.24, 2.45) is 0 Å². The number of hydrogen-bond donors (Lipinski definition) is 4. The van der Waals surface area contributed by atoms with Crippen LogP contribution in [0.25, 0.3) is 0 Å². The summed E-state index contributed by atoms with van der Waals surface area (Å²) in [6.45, 7) is 7.14. The largest absolute Gasteiger partial charge is 0.378 e. The zero-order valence-corrected chi connectivity index (χ0v) is 15.6. The van der Waals surface area contributed by atoms with E-state index in [1.807, 2.05) is 0 Å². The van der Waals surface area contributed by atoms with Crippen LogP contribution in [0.4, 0.5) is 0 Å². The van der Waals surface area contributed by atoms with Gasteiger partial charge in [-0.25, -0.2) is 0 Å². The van der Waals surface area contributed by atoms with Crippen molar-refractivity contribution in [3.05, 3.63) is 0 Å². The normalized spacial score (nSPS) is 21.8. The van der Waals surface area contributed by atoms with E-state index in [0.717, 1.165) is 0 Å². The molecule has 0 saturated carbocycles. The smallest absolute Gasteiger partial charge is 0.166 e. The molecule has 24 heavy (non-hydrogen) atoms. The Morgan fingerprint density at radius 1 is 0.458 bits per heavy atom. The van der Waals surface area contributed by atoms with Crippen molar-refractivity contribution in [3.8, 4) is 0 Å². The van der Waals surface area contributed by atoms with Gasteiger partial charge < -0.3 is 40.2 Å². The standard InChI is InChI=1S/C14H28N4O4S2/c23-13-15-1-5-19-6-2-16-14(24)18-4-8-21-10-12-22-11-9-20-7-3-17-13/h1-12H2,(H2,15,17,23)(H2,16,18,24). The lowest BCUT2D eigenvalue weighted by molar-refractivity contribution is 0.0166. The molecule has 4 N–H and O–H groups in total. The molecule has 0 spiro atoms. The van der Waals surface area contributed by atoms with Crippen LogP contribution in [0.15, 0.2) is 0 Å². The highest BCUT2D eigenvalue weighted by Crippen LogP contribution is 1.82. The Kier molecular flexibility index (Phi) is 13.9. The van der Waals surface area contributed by atoms with E-state index in [2.05, 4.69) is 21.3 Å². The first-order valence-corrected chi connectivity index (χ1v) is 8.95. The molecule has 10 heteroatoms. The first kappa shape index (κ1) is 21.3. The third-order valence-electron chi connectivity index (χ3n) is 2.87. The number of thiocarbonyl (C=S) groups is 2. The van der Waals surface area contributed by atoms with E-state index in [4.69, 9.17) is 43.4 Å². The van der Waals surface area contributed by atoms with Crippen LogP contribution in [0.1, 0.15) is 0 Å². The summed E-state index contributed by atoms with van der Waals surface area (Å²) >= 11 is 10.3. The highest BCUT2D eigenvalue weighted by Gasteiger charge is 1.98. The fraction of sp³-hybridized carbons (Fsp3) is 0.857. The Balaban J connectivity index is 2.16. The molecule has 1 aliphatic rings. The predicted molar refractivity (Wildman–Crippen MR) is 100 cm³/mol. The van der Waals surface area contributed by atoms with Gasteiger partial charge in [0.1, 0.15) is 0 Å². The second-order valence-electron chi connectivity index (χ2n) is 4.81. The van der Waals surface area contributed by atoms with E-state index in [9.17, 15) is 0 Å². The molecule has 0 aromatic carbocycles. The molecule has 1 saturated heterocycles. The summed E-state index contributed by atoms with van der Waals surface area (Å²) in [5.74, 6) is 0. The topological polar surface area (TPSA) is 85.0 Å². The number of ether oxygens (including phenoxy) is 4. The summed E-state index contributed by atoms with van der Waals surface area (Å²) in [6, 6.07) is 0. The van der Waals surface area contributed by atoms with Crippen molar-refractivity contribution in [1.82, 2.24) is 21.3 Å². The van der Waals surface area contributed by atoms with Crippen LogP contribution < -0.4 is 21.3 Å². The van der Waals surface area contributed by atoms with Gasteiger partial charge in [0.15, 0.2) is 10.2 Å². The quantitative estimate of drug-likeness (QED) is 0.393. The van der Waals surface area contributed by atoms with Crippen molar-refractivity contribution >= 4 is 34.7 Å². The molecule has 0 aromatic rings. The maximum Gasteiger partial charge on any atom is 0.166 e. The van der Waals surface area contributed by atoms with Crippen molar-refractivity contribution in [2.45, 2.75) is 0 Å². The fourth-order valence-corrected chi connectivity index (χ4v) is 2.12. The molecule has 1 aliphatic heterocycles. The monoisotopic (exact) mass is 380 g/mol. The number of rotatable bonds is 0. The molecule has 1 heterocycles. The zero-order valence-electron chi connectivity index (χ0n) is 13.9. The van der Waals surface area contributed by atoms with Crippen LogP contribution in [0.3, 0.4) is 0 Å². The molecule has 140 valence electrons. The molecule has 0 radical (unpaired) electrons. The second kappa shape index (κ2) is 15.7. The van der Waals surface area contributed by atoms with Gasteiger partial charge in [-0.1, -0.05) is 0 Å². The lowest BCUT2D eigenvalue weighted by Gasteiger charge is -2.13. The van der Waals surface area contributed by atoms with Gasteiger partial charge >= 0.3 is 0 Å².